The Morgan fingerprint density at radius 3 is 2.52 bits per heavy atom. The molecule has 21 heavy (non-hydrogen) atoms. The van der Waals surface area contributed by atoms with E-state index in [-0.39, 0.29) is 12.4 Å². The second-order valence-electron chi connectivity index (χ2n) is 4.87. The molecule has 0 bridgehead atoms. The van der Waals surface area contributed by atoms with Gasteiger partial charge in [-0.05, 0) is 6.42 Å². The second kappa shape index (κ2) is 4.87. The van der Waals surface area contributed by atoms with Gasteiger partial charge in [0.1, 0.15) is 23.3 Å². The van der Waals surface area contributed by atoms with Gasteiger partial charge in [0.05, 0.1) is 11.5 Å². The lowest BCUT2D eigenvalue weighted by Gasteiger charge is -2.21. The van der Waals surface area contributed by atoms with Crippen LogP contribution in [0.1, 0.15) is 12.2 Å². The Hall–Kier alpha value is -2.38. The van der Waals surface area contributed by atoms with E-state index in [1.807, 2.05) is 0 Å². The number of aromatic nitrogens is 3. The Labute approximate surface area is 117 Å². The van der Waals surface area contributed by atoms with E-state index in [1.165, 1.54) is 4.57 Å². The van der Waals surface area contributed by atoms with Crippen molar-refractivity contribution in [3.05, 3.63) is 35.4 Å². The number of aryl methyl sites for hydroxylation is 1. The molecule has 3 rings (SSSR count). The molecule has 0 spiro atoms. The number of rotatable bonds is 2. The standard InChI is InChI=1S/C13H10F3N3O2/c14-7-3-8(15)11(9(16)4-7)12-18-17-10-2-1-6(13(20)21)5-19(10)12/h3-4,6H,1-2,5H2,(H,20,21). The minimum absolute atomic E-state index is 0.0310. The molecule has 2 aromatic rings. The van der Waals surface area contributed by atoms with Crippen LogP contribution in [0.3, 0.4) is 0 Å². The number of aliphatic carboxylic acids is 1. The van der Waals surface area contributed by atoms with E-state index in [0.29, 0.717) is 30.8 Å². The van der Waals surface area contributed by atoms with Crippen LogP contribution in [0.15, 0.2) is 12.1 Å². The van der Waals surface area contributed by atoms with E-state index in [0.717, 1.165) is 0 Å². The number of carbonyl (C=O) groups is 1. The van der Waals surface area contributed by atoms with Crippen molar-refractivity contribution in [1.29, 1.82) is 0 Å². The zero-order valence-electron chi connectivity index (χ0n) is 10.7. The Bertz CT molecular complexity index is 706. The average Bonchev–Trinajstić information content (AvgIpc) is 2.80. The summed E-state index contributed by atoms with van der Waals surface area (Å²) in [6.07, 6.45) is 0.746. The number of carboxylic acid groups (broad SMARTS) is 1. The van der Waals surface area contributed by atoms with E-state index in [1.54, 1.807) is 0 Å². The minimum atomic E-state index is -1.10. The highest BCUT2D eigenvalue weighted by molar-refractivity contribution is 5.70. The van der Waals surface area contributed by atoms with Crippen molar-refractivity contribution in [2.24, 2.45) is 5.92 Å². The smallest absolute Gasteiger partial charge is 0.308 e. The summed E-state index contributed by atoms with van der Waals surface area (Å²) < 4.78 is 42.0. The van der Waals surface area contributed by atoms with Gasteiger partial charge in [0.25, 0.3) is 0 Å². The van der Waals surface area contributed by atoms with Gasteiger partial charge in [-0.2, -0.15) is 0 Å². The predicted octanol–water partition coefficient (Wildman–Crippen LogP) is 2.01. The molecule has 5 nitrogen and oxygen atoms in total. The van der Waals surface area contributed by atoms with E-state index < -0.39 is 34.9 Å². The first-order valence-electron chi connectivity index (χ1n) is 6.27. The highest BCUT2D eigenvalue weighted by atomic mass is 19.1. The number of benzene rings is 1. The van der Waals surface area contributed by atoms with Crippen molar-refractivity contribution in [3.8, 4) is 11.4 Å². The summed E-state index contributed by atoms with van der Waals surface area (Å²) in [5, 5.41) is 16.6. The number of hydrogen-bond donors (Lipinski definition) is 1. The molecule has 0 saturated heterocycles. The highest BCUT2D eigenvalue weighted by Gasteiger charge is 2.29. The summed E-state index contributed by atoms with van der Waals surface area (Å²) in [4.78, 5) is 11.1. The zero-order valence-corrected chi connectivity index (χ0v) is 10.7. The van der Waals surface area contributed by atoms with Crippen LogP contribution in [0.2, 0.25) is 0 Å². The van der Waals surface area contributed by atoms with Gasteiger partial charge in [0.2, 0.25) is 0 Å². The van der Waals surface area contributed by atoms with Gasteiger partial charge >= 0.3 is 5.97 Å². The fourth-order valence-electron chi connectivity index (χ4n) is 2.47. The lowest BCUT2D eigenvalue weighted by atomic mass is 9.99. The van der Waals surface area contributed by atoms with Gasteiger partial charge in [-0.15, -0.1) is 10.2 Å². The quantitative estimate of drug-likeness (QED) is 0.920. The van der Waals surface area contributed by atoms with E-state index in [2.05, 4.69) is 10.2 Å². The third-order valence-electron chi connectivity index (χ3n) is 3.53. The van der Waals surface area contributed by atoms with Crippen LogP contribution in [0.4, 0.5) is 13.2 Å². The molecular formula is C13H10F3N3O2. The highest BCUT2D eigenvalue weighted by Crippen LogP contribution is 2.29. The molecule has 0 fully saturated rings. The van der Waals surface area contributed by atoms with E-state index in [4.69, 9.17) is 5.11 Å². The topological polar surface area (TPSA) is 68.0 Å². The Kier molecular flexibility index (Phi) is 3.15. The molecule has 110 valence electrons. The van der Waals surface area contributed by atoms with Gasteiger partial charge in [0, 0.05) is 25.1 Å². The Morgan fingerprint density at radius 1 is 1.24 bits per heavy atom. The van der Waals surface area contributed by atoms with Crippen LogP contribution in [-0.4, -0.2) is 25.8 Å². The minimum Gasteiger partial charge on any atom is -0.481 e. The first-order valence-corrected chi connectivity index (χ1v) is 6.27. The summed E-state index contributed by atoms with van der Waals surface area (Å²) in [5.41, 5.74) is -0.499. The molecule has 1 aromatic heterocycles. The molecule has 1 aliphatic rings. The second-order valence-corrected chi connectivity index (χ2v) is 4.87. The molecule has 0 radical (unpaired) electrons. The van der Waals surface area contributed by atoms with Crippen LogP contribution < -0.4 is 0 Å². The maximum Gasteiger partial charge on any atom is 0.308 e. The van der Waals surface area contributed by atoms with Gasteiger partial charge < -0.3 is 9.67 Å². The van der Waals surface area contributed by atoms with Crippen molar-refractivity contribution in [3.63, 3.8) is 0 Å². The van der Waals surface area contributed by atoms with Crippen molar-refractivity contribution in [1.82, 2.24) is 14.8 Å². The number of halogens is 3. The van der Waals surface area contributed by atoms with Crippen molar-refractivity contribution < 1.29 is 23.1 Å². The maximum atomic E-state index is 13.8. The molecule has 0 amide bonds. The molecule has 1 N–H and O–H groups in total. The fourth-order valence-corrected chi connectivity index (χ4v) is 2.47. The zero-order chi connectivity index (χ0) is 15.1. The summed E-state index contributed by atoms with van der Waals surface area (Å²) in [6, 6.07) is 1.11. The molecule has 2 heterocycles. The molecule has 8 heteroatoms. The number of fused-ring (bicyclic) bond motifs is 1. The van der Waals surface area contributed by atoms with E-state index >= 15 is 0 Å². The Balaban J connectivity index is 2.10. The van der Waals surface area contributed by atoms with Gasteiger partial charge in [-0.25, -0.2) is 13.2 Å². The predicted molar refractivity (Wildman–Crippen MR) is 64.8 cm³/mol. The third kappa shape index (κ3) is 2.26. The number of hydrogen-bond acceptors (Lipinski definition) is 3. The van der Waals surface area contributed by atoms with Crippen molar-refractivity contribution in [2.45, 2.75) is 19.4 Å². The molecule has 1 unspecified atom stereocenters. The first kappa shape index (κ1) is 13.6. The van der Waals surface area contributed by atoms with E-state index in [9.17, 15) is 18.0 Å². The molecule has 1 aliphatic heterocycles. The van der Waals surface area contributed by atoms with Crippen LogP contribution in [0, 0.1) is 23.4 Å². The number of nitrogens with zero attached hydrogens (tertiary/aromatic N) is 3. The molecule has 1 aromatic carbocycles. The van der Waals surface area contributed by atoms with Gasteiger partial charge in [-0.1, -0.05) is 0 Å². The average molecular weight is 297 g/mol. The lowest BCUT2D eigenvalue weighted by Crippen LogP contribution is -2.27. The monoisotopic (exact) mass is 297 g/mol. The Morgan fingerprint density at radius 2 is 1.90 bits per heavy atom. The van der Waals surface area contributed by atoms with Gasteiger partial charge in [-0.3, -0.25) is 4.79 Å². The van der Waals surface area contributed by atoms with Crippen LogP contribution >= 0.6 is 0 Å². The fraction of sp³-hybridized carbons (Fsp3) is 0.308. The molecular weight excluding hydrogens is 287 g/mol. The molecule has 1 atom stereocenters. The SMILES string of the molecule is O=C(O)C1CCc2nnc(-c3c(F)cc(F)cc3F)n2C1. The summed E-state index contributed by atoms with van der Waals surface area (Å²) in [5.74, 6) is -4.54. The van der Waals surface area contributed by atoms with Gasteiger partial charge in [0.15, 0.2) is 5.82 Å². The summed E-state index contributed by atoms with van der Waals surface area (Å²) in [7, 11) is 0. The first-order chi connectivity index (χ1) is 9.97. The largest absolute Gasteiger partial charge is 0.481 e. The number of carboxylic acids is 1. The van der Waals surface area contributed by atoms with Crippen LogP contribution in [0.5, 0.6) is 0 Å². The summed E-state index contributed by atoms with van der Waals surface area (Å²) in [6.45, 7) is 0.0310. The van der Waals surface area contributed by atoms with Crippen molar-refractivity contribution >= 4 is 5.97 Å². The lowest BCUT2D eigenvalue weighted by molar-refractivity contribution is -0.142. The summed E-state index contributed by atoms with van der Waals surface area (Å²) >= 11 is 0. The van der Waals surface area contributed by atoms with Crippen molar-refractivity contribution in [2.75, 3.05) is 0 Å². The van der Waals surface area contributed by atoms with Crippen LogP contribution in [0.25, 0.3) is 11.4 Å². The molecule has 0 saturated carbocycles. The van der Waals surface area contributed by atoms with Crippen LogP contribution in [-0.2, 0) is 17.8 Å². The third-order valence-corrected chi connectivity index (χ3v) is 3.53. The maximum absolute atomic E-state index is 13.8. The molecule has 0 aliphatic carbocycles. The normalized spacial score (nSPS) is 17.6.